The first-order valence-corrected chi connectivity index (χ1v) is 36.2. The van der Waals surface area contributed by atoms with E-state index in [1.165, 1.54) is 64.7 Å². The van der Waals surface area contributed by atoms with Crippen molar-refractivity contribution >= 4 is 164 Å². The fourth-order valence-corrected chi connectivity index (χ4v) is 11.0. The minimum atomic E-state index is -2.52. The highest BCUT2D eigenvalue weighted by Gasteiger charge is 2.18. The minimum Gasteiger partial charge on any atom is -0.497 e. The average Bonchev–Trinajstić information content (AvgIpc) is 0.859. The number of thioether (sulfide) groups is 4. The first-order valence-electron chi connectivity index (χ1n) is 33.9. The first-order chi connectivity index (χ1) is 52.7. The molecule has 104 heavy (non-hydrogen) atoms. The maximum absolute atomic E-state index is 11.2. The van der Waals surface area contributed by atoms with Gasteiger partial charge >= 0.3 is 0 Å². The van der Waals surface area contributed by atoms with Crippen molar-refractivity contribution in [1.82, 2.24) is 45.2 Å². The third kappa shape index (κ3) is 27.1. The number of nitrogens with zero attached hydrogens (tertiary/aromatic N) is 9. The number of nitrogens with one attached hydrogen (secondary N) is 4. The van der Waals surface area contributed by atoms with Crippen molar-refractivity contribution in [3.05, 3.63) is 198 Å². The van der Waals surface area contributed by atoms with Crippen molar-refractivity contribution in [3.63, 3.8) is 0 Å². The van der Waals surface area contributed by atoms with Crippen molar-refractivity contribution in [2.75, 3.05) is 96.3 Å². The lowest BCUT2D eigenvalue weighted by Gasteiger charge is -2.15. The average molecular weight is 1600 g/mol. The molecular formula is C72H81Cl5N14O9S4. The van der Waals surface area contributed by atoms with E-state index < -0.39 is 21.1 Å². The largest absolute Gasteiger partial charge is 0.497 e. The lowest BCUT2D eigenvalue weighted by atomic mass is 10.2. The van der Waals surface area contributed by atoms with E-state index in [1.807, 2.05) is 74.0 Å². The Kier molecular flexibility index (Phi) is 32.7. The van der Waals surface area contributed by atoms with Gasteiger partial charge in [0.05, 0.1) is 85.1 Å². The van der Waals surface area contributed by atoms with Crippen LogP contribution in [0.3, 0.4) is 0 Å². The first kappa shape index (κ1) is 73.6. The summed E-state index contributed by atoms with van der Waals surface area (Å²) in [6.07, 6.45) is 10.0. The van der Waals surface area contributed by atoms with Gasteiger partial charge in [-0.2, -0.15) is 0 Å². The maximum atomic E-state index is 11.2. The number of nitrogens with two attached hydrogens (primary N) is 1. The van der Waals surface area contributed by atoms with Gasteiger partial charge in [0.25, 0.3) is 0 Å². The Morgan fingerprint density at radius 2 is 0.808 bits per heavy atom. The molecule has 0 spiro atoms. The topological polar surface area (TPSA) is 288 Å². The number of ether oxygens (including phenoxy) is 7. The van der Waals surface area contributed by atoms with E-state index in [2.05, 4.69) is 66.1 Å². The molecule has 32 heteroatoms. The molecule has 4 aromatic heterocycles. The van der Waals surface area contributed by atoms with Gasteiger partial charge in [-0.15, -0.1) is 0 Å². The van der Waals surface area contributed by atoms with Crippen LogP contribution in [0.4, 0.5) is 40.2 Å². The van der Waals surface area contributed by atoms with Crippen LogP contribution in [0.25, 0.3) is 0 Å². The number of halogens is 5. The van der Waals surface area contributed by atoms with Crippen LogP contribution in [0.5, 0.6) is 40.2 Å². The number of aryl methyl sites for hydroxylation is 1. The number of aromatic nitrogens is 8. The minimum absolute atomic E-state index is 0. The van der Waals surface area contributed by atoms with Crippen LogP contribution in [-0.2, 0) is 19.6 Å². The number of benzene rings is 6. The van der Waals surface area contributed by atoms with E-state index in [4.69, 9.17) is 109 Å². The van der Waals surface area contributed by atoms with Gasteiger partial charge in [0.1, 0.15) is 83.5 Å². The zero-order valence-corrected chi connectivity index (χ0v) is 62.9. The van der Waals surface area contributed by atoms with Crippen molar-refractivity contribution in [2.45, 2.75) is 62.0 Å². The summed E-state index contributed by atoms with van der Waals surface area (Å²) in [5, 5.41) is 15.4. The maximum Gasteiger partial charge on any atom is 0.190 e. The third-order valence-corrected chi connectivity index (χ3v) is 17.0. The van der Waals surface area contributed by atoms with Gasteiger partial charge in [-0.1, -0.05) is 144 Å². The van der Waals surface area contributed by atoms with E-state index in [9.17, 15) is 9.59 Å². The predicted molar refractivity (Wildman–Crippen MR) is 430 cm³/mol. The second-order valence-corrected chi connectivity index (χ2v) is 24.8. The van der Waals surface area contributed by atoms with Crippen LogP contribution in [0, 0.1) is 6.92 Å². The fraction of sp³-hybridized carbons (Fsp3) is 0.236. The van der Waals surface area contributed by atoms with Crippen molar-refractivity contribution in [2.24, 2.45) is 4.99 Å². The summed E-state index contributed by atoms with van der Waals surface area (Å²) in [5.74, 6) is 4.73. The van der Waals surface area contributed by atoms with Crippen LogP contribution in [0.15, 0.2) is 159 Å². The SMILES string of the molecule is C.C.CSc1nc(Cl)c(C=O)c(Cl)n1.Cc1ccc(N)cc1.[2H]C([2H])([2H])Oc1ccc(Nc2nc(SC)nc(Cl)c2C=NCc2ccc(OC)cc2OC)cc1.[2H]C([2H])([2H])Oc1ccc(Nc2nc(SC)nc(Cl)c2C=O)cc1.[2H]C([2H])([2H])Oc1ccc(Nc2nc(SC)nc(Cl)c2CNCc2ccc(OC)cc2OC)cc1. The number of carbonyl (C=O) groups excluding carboxylic acids is 2. The van der Waals surface area contributed by atoms with Gasteiger partial charge in [-0.25, -0.2) is 39.9 Å². The molecule has 0 bridgehead atoms. The molecule has 0 unspecified atom stereocenters. The van der Waals surface area contributed by atoms with Crippen LogP contribution >= 0.6 is 105 Å². The number of hydrogen-bond donors (Lipinski definition) is 5. The van der Waals surface area contributed by atoms with Crippen molar-refractivity contribution in [3.8, 4) is 40.2 Å². The van der Waals surface area contributed by atoms with Crippen LogP contribution in [0.2, 0.25) is 25.8 Å². The number of hydrogen-bond acceptors (Lipinski definition) is 27. The molecule has 0 fully saturated rings. The number of methoxy groups -OCH3 is 7. The van der Waals surface area contributed by atoms with Gasteiger partial charge in [0.15, 0.2) is 33.2 Å². The monoisotopic (exact) mass is 1600 g/mol. The molecule has 0 amide bonds. The Labute approximate surface area is 661 Å². The summed E-state index contributed by atoms with van der Waals surface area (Å²) in [6.45, 7) is 3.30. The molecule has 0 aliphatic carbocycles. The van der Waals surface area contributed by atoms with Crippen LogP contribution in [-0.4, -0.2) is 133 Å². The predicted octanol–water partition coefficient (Wildman–Crippen LogP) is 18.7. The van der Waals surface area contributed by atoms with E-state index >= 15 is 0 Å². The zero-order chi connectivity index (χ0) is 81.6. The highest BCUT2D eigenvalue weighted by Crippen LogP contribution is 2.33. The number of anilines is 7. The molecule has 0 saturated carbocycles. The van der Waals surface area contributed by atoms with E-state index in [1.54, 1.807) is 114 Å². The molecule has 0 saturated heterocycles. The number of rotatable bonds is 26. The zero-order valence-electron chi connectivity index (χ0n) is 64.9. The third-order valence-electron chi connectivity index (χ3n) is 13.4. The molecule has 4 heterocycles. The number of nitrogen functional groups attached to an aromatic ring is 1. The number of carbonyl (C=O) groups is 2. The van der Waals surface area contributed by atoms with E-state index in [0.29, 0.717) is 121 Å². The summed E-state index contributed by atoms with van der Waals surface area (Å²) in [6, 6.07) is 38.1. The summed E-state index contributed by atoms with van der Waals surface area (Å²) >= 11 is 35.5. The molecule has 6 aromatic carbocycles. The van der Waals surface area contributed by atoms with Gasteiger partial charge < -0.3 is 60.2 Å². The van der Waals surface area contributed by atoms with Crippen molar-refractivity contribution in [1.29, 1.82) is 0 Å². The smallest absolute Gasteiger partial charge is 0.190 e. The number of aldehydes is 2. The quantitative estimate of drug-likeness (QED) is 0.00840. The van der Waals surface area contributed by atoms with E-state index in [-0.39, 0.29) is 69.7 Å². The Hall–Kier alpha value is -8.74. The Morgan fingerprint density at radius 1 is 0.442 bits per heavy atom. The molecule has 0 radical (unpaired) electrons. The summed E-state index contributed by atoms with van der Waals surface area (Å²) in [4.78, 5) is 59.6. The molecule has 0 aliphatic heterocycles. The van der Waals surface area contributed by atoms with Gasteiger partial charge in [-0.05, 0) is 135 Å². The Balaban J connectivity index is 0.000000319. The molecule has 6 N–H and O–H groups in total. The normalized spacial score (nSPS) is 11.8. The van der Waals surface area contributed by atoms with Crippen molar-refractivity contribution < 1.29 is 55.1 Å². The summed E-state index contributed by atoms with van der Waals surface area (Å²) < 4.78 is 100. The standard InChI is InChI=1S/C22H25ClN4O3S.C22H23ClN4O3S.C13H12ClN3O2S.C7H9N.C6H4Cl2N2OS.2CH4/c2*1-28-16-9-6-15(7-10-16)25-21-18(20(23)26-22(27-21)31-4)13-24-12-14-5-8-17(29-2)11-19(14)30-3;1-19-9-5-3-8(4-6-9)15-12-10(7-18)11(14)16-13(17-12)20-2;1-6-2-4-7(8)5-3-6;1-12-6-9-4(7)3(2-11)5(8)10-6;;/h5-11,24H,12-13H2,1-4H3,(H,25,26,27);5-11,13H,12H2,1-4H3,(H,25,26,27);3-7H,1-2H3,(H,15,16,17);2-5H,8H2,1H3;2H,1H3;2*1H4/i3*1D3;;;;. The molecule has 552 valence electrons. The Bertz CT molecular complexity index is 4700. The van der Waals surface area contributed by atoms with Gasteiger partial charge in [-0.3, -0.25) is 14.6 Å². The molecule has 23 nitrogen and oxygen atoms in total. The number of aliphatic imine (C=N–C) groups is 1. The summed E-state index contributed by atoms with van der Waals surface area (Å²) in [5.41, 5.74) is 12.8. The molecule has 0 aliphatic rings. The molecule has 10 aromatic rings. The van der Waals surface area contributed by atoms with Gasteiger partial charge in [0.2, 0.25) is 0 Å². The van der Waals surface area contributed by atoms with Crippen LogP contribution in [0.1, 0.15) is 75.7 Å². The fourth-order valence-electron chi connectivity index (χ4n) is 8.15. The summed E-state index contributed by atoms with van der Waals surface area (Å²) in [7, 11) is -1.13. The van der Waals surface area contributed by atoms with E-state index in [0.717, 1.165) is 16.8 Å². The Morgan fingerprint density at radius 3 is 1.21 bits per heavy atom. The molecular weight excluding hydrogens is 1510 g/mol. The molecule has 10 rings (SSSR count). The lowest BCUT2D eigenvalue weighted by Crippen LogP contribution is -2.16. The van der Waals surface area contributed by atoms with Gasteiger partial charge in [0, 0.05) is 70.9 Å². The highest BCUT2D eigenvalue weighted by atomic mass is 35.5. The highest BCUT2D eigenvalue weighted by molar-refractivity contribution is 7.99. The second kappa shape index (κ2) is 46.2. The van der Waals surface area contributed by atoms with Crippen LogP contribution < -0.4 is 60.2 Å². The molecule has 0 atom stereocenters. The lowest BCUT2D eigenvalue weighted by molar-refractivity contribution is 0.111. The second-order valence-electron chi connectivity index (χ2n) is 19.9.